The summed E-state index contributed by atoms with van der Waals surface area (Å²) in [5.41, 5.74) is 1.82. The van der Waals surface area contributed by atoms with Crippen LogP contribution in [0.2, 0.25) is 0 Å². The van der Waals surface area contributed by atoms with Crippen molar-refractivity contribution in [2.45, 2.75) is 63.6 Å². The predicted octanol–water partition coefficient (Wildman–Crippen LogP) is 4.67. The summed E-state index contributed by atoms with van der Waals surface area (Å²) in [6.45, 7) is 0.578. The molecule has 27 heavy (non-hydrogen) atoms. The third kappa shape index (κ3) is 4.08. The van der Waals surface area contributed by atoms with Crippen LogP contribution in [-0.4, -0.2) is 22.8 Å². The van der Waals surface area contributed by atoms with E-state index in [4.69, 9.17) is 0 Å². The number of nitrogens with one attached hydrogen (secondary N) is 1. The van der Waals surface area contributed by atoms with Gasteiger partial charge in [-0.05, 0) is 35.9 Å². The van der Waals surface area contributed by atoms with E-state index in [-0.39, 0.29) is 23.9 Å². The molecule has 142 valence electrons. The number of benzene rings is 1. The first-order valence-corrected chi connectivity index (χ1v) is 10.8. The van der Waals surface area contributed by atoms with E-state index in [1.807, 2.05) is 46.7 Å². The number of nitrogens with zero attached hydrogens (tertiary/aromatic N) is 1. The van der Waals surface area contributed by atoms with E-state index in [9.17, 15) is 9.59 Å². The monoisotopic (exact) mass is 382 g/mol. The highest BCUT2D eigenvalue weighted by Crippen LogP contribution is 2.35. The van der Waals surface area contributed by atoms with Crippen LogP contribution in [0.4, 0.5) is 0 Å². The quantitative estimate of drug-likeness (QED) is 0.764. The zero-order valence-electron chi connectivity index (χ0n) is 15.5. The summed E-state index contributed by atoms with van der Waals surface area (Å²) in [7, 11) is 0. The van der Waals surface area contributed by atoms with Crippen molar-refractivity contribution in [2.24, 2.45) is 0 Å². The molecular weight excluding hydrogens is 356 g/mol. The number of rotatable bonds is 5. The maximum atomic E-state index is 12.9. The summed E-state index contributed by atoms with van der Waals surface area (Å²) in [6.07, 6.45) is 7.40. The van der Waals surface area contributed by atoms with Crippen LogP contribution < -0.4 is 5.32 Å². The molecule has 1 N–H and O–H groups in total. The summed E-state index contributed by atoms with van der Waals surface area (Å²) < 4.78 is 0. The highest BCUT2D eigenvalue weighted by atomic mass is 32.1. The van der Waals surface area contributed by atoms with Crippen molar-refractivity contribution in [2.75, 3.05) is 0 Å². The van der Waals surface area contributed by atoms with Gasteiger partial charge in [0.15, 0.2) is 0 Å². The summed E-state index contributed by atoms with van der Waals surface area (Å²) in [4.78, 5) is 28.7. The Balaban J connectivity index is 1.49. The molecule has 1 aliphatic heterocycles. The first-order valence-electron chi connectivity index (χ1n) is 9.94. The first-order chi connectivity index (χ1) is 13.2. The van der Waals surface area contributed by atoms with Crippen molar-refractivity contribution in [1.82, 2.24) is 10.2 Å². The highest BCUT2D eigenvalue weighted by Gasteiger charge is 2.35. The predicted molar refractivity (Wildman–Crippen MR) is 108 cm³/mol. The van der Waals surface area contributed by atoms with Gasteiger partial charge in [0.2, 0.25) is 5.91 Å². The van der Waals surface area contributed by atoms with Crippen molar-refractivity contribution >= 4 is 23.2 Å². The number of amides is 2. The summed E-state index contributed by atoms with van der Waals surface area (Å²) in [6, 6.07) is 11.9. The topological polar surface area (TPSA) is 49.4 Å². The van der Waals surface area contributed by atoms with Gasteiger partial charge in [0, 0.05) is 23.0 Å². The van der Waals surface area contributed by atoms with Crippen LogP contribution >= 0.6 is 11.3 Å². The largest absolute Gasteiger partial charge is 0.353 e. The molecule has 1 atom stereocenters. The maximum absolute atomic E-state index is 12.9. The summed E-state index contributed by atoms with van der Waals surface area (Å²) in [5, 5.41) is 5.25. The van der Waals surface area contributed by atoms with Crippen LogP contribution in [0.1, 0.15) is 71.8 Å². The minimum atomic E-state index is -0.198. The zero-order valence-corrected chi connectivity index (χ0v) is 16.3. The van der Waals surface area contributed by atoms with E-state index in [1.165, 1.54) is 25.7 Å². The molecule has 1 saturated carbocycles. The number of fused-ring (bicyclic) bond motifs is 1. The van der Waals surface area contributed by atoms with E-state index >= 15 is 0 Å². The molecular formula is C22H26N2O2S. The van der Waals surface area contributed by atoms with Gasteiger partial charge in [-0.25, -0.2) is 0 Å². The summed E-state index contributed by atoms with van der Waals surface area (Å²) >= 11 is 1.62. The van der Waals surface area contributed by atoms with E-state index < -0.39 is 0 Å². The molecule has 1 aliphatic carbocycles. The Morgan fingerprint density at radius 1 is 1.11 bits per heavy atom. The third-order valence-corrected chi connectivity index (χ3v) is 6.67. The first kappa shape index (κ1) is 18.2. The maximum Gasteiger partial charge on any atom is 0.255 e. The van der Waals surface area contributed by atoms with Gasteiger partial charge in [-0.1, -0.05) is 49.9 Å². The van der Waals surface area contributed by atoms with Crippen molar-refractivity contribution < 1.29 is 9.59 Å². The van der Waals surface area contributed by atoms with Crippen LogP contribution in [0.5, 0.6) is 0 Å². The van der Waals surface area contributed by atoms with E-state index in [2.05, 4.69) is 5.32 Å². The fourth-order valence-corrected chi connectivity index (χ4v) is 5.10. The third-order valence-electron chi connectivity index (χ3n) is 5.70. The Bertz CT molecular complexity index is 794. The Labute approximate surface area is 164 Å². The number of hydrogen-bond donors (Lipinski definition) is 1. The second-order valence-corrected chi connectivity index (χ2v) is 8.56. The molecule has 2 amide bonds. The van der Waals surface area contributed by atoms with Gasteiger partial charge < -0.3 is 10.2 Å². The zero-order chi connectivity index (χ0) is 18.6. The average molecular weight is 383 g/mol. The molecule has 0 saturated heterocycles. The summed E-state index contributed by atoms with van der Waals surface area (Å²) in [5.74, 6) is 0.0929. The number of hydrogen-bond acceptors (Lipinski definition) is 3. The molecule has 1 aromatic heterocycles. The minimum Gasteiger partial charge on any atom is -0.353 e. The smallest absolute Gasteiger partial charge is 0.255 e. The van der Waals surface area contributed by atoms with Crippen LogP contribution in [0.25, 0.3) is 0 Å². The lowest BCUT2D eigenvalue weighted by molar-refractivity contribution is -0.123. The van der Waals surface area contributed by atoms with Crippen LogP contribution in [-0.2, 0) is 11.3 Å². The molecule has 4 rings (SSSR count). The number of thiophene rings is 1. The second kappa shape index (κ2) is 8.26. The molecule has 1 aromatic carbocycles. The average Bonchev–Trinajstić information content (AvgIpc) is 3.23. The second-order valence-electron chi connectivity index (χ2n) is 7.58. The van der Waals surface area contributed by atoms with Crippen molar-refractivity contribution in [3.63, 3.8) is 0 Å². The van der Waals surface area contributed by atoms with E-state index in [0.717, 1.165) is 28.8 Å². The minimum absolute atomic E-state index is 0.0336. The number of carbonyl (C=O) groups excluding carboxylic acids is 2. The fraction of sp³-hybridized carbons (Fsp3) is 0.455. The standard InChI is InChI=1S/C22H26N2O2S/c25-21(23-17-9-3-1-2-4-10-17)14-19(20-12-7-13-27-20)24-15-16-8-5-6-11-18(16)22(24)26/h5-8,11-13,17,19H,1-4,9-10,14-15H2,(H,23,25). The van der Waals surface area contributed by atoms with Gasteiger partial charge in [0.1, 0.15) is 0 Å². The molecule has 2 aliphatic rings. The Kier molecular flexibility index (Phi) is 5.58. The Morgan fingerprint density at radius 3 is 2.59 bits per heavy atom. The molecule has 2 heterocycles. The van der Waals surface area contributed by atoms with E-state index in [0.29, 0.717) is 13.0 Å². The van der Waals surface area contributed by atoms with E-state index in [1.54, 1.807) is 11.3 Å². The molecule has 5 heteroatoms. The molecule has 0 spiro atoms. The molecule has 0 bridgehead atoms. The van der Waals surface area contributed by atoms with Crippen molar-refractivity contribution in [3.8, 4) is 0 Å². The van der Waals surface area contributed by atoms with Gasteiger partial charge in [0.25, 0.3) is 5.91 Å². The Hall–Kier alpha value is -2.14. The number of carbonyl (C=O) groups is 2. The molecule has 0 radical (unpaired) electrons. The molecule has 1 fully saturated rings. The van der Waals surface area contributed by atoms with Gasteiger partial charge >= 0.3 is 0 Å². The SMILES string of the molecule is O=C(CC(c1cccs1)N1Cc2ccccc2C1=O)NC1CCCCCC1. The van der Waals surface area contributed by atoms with Gasteiger partial charge in [-0.15, -0.1) is 11.3 Å². The fourth-order valence-electron chi connectivity index (χ4n) is 4.26. The van der Waals surface area contributed by atoms with Crippen LogP contribution in [0.3, 0.4) is 0 Å². The van der Waals surface area contributed by atoms with Crippen molar-refractivity contribution in [1.29, 1.82) is 0 Å². The lowest BCUT2D eigenvalue weighted by Crippen LogP contribution is -2.38. The van der Waals surface area contributed by atoms with Gasteiger partial charge in [-0.2, -0.15) is 0 Å². The normalized spacial score (nSPS) is 18.8. The Morgan fingerprint density at radius 2 is 1.89 bits per heavy atom. The van der Waals surface area contributed by atoms with Crippen LogP contribution in [0.15, 0.2) is 41.8 Å². The van der Waals surface area contributed by atoms with Crippen LogP contribution in [0, 0.1) is 0 Å². The lowest BCUT2D eigenvalue weighted by Gasteiger charge is -2.27. The van der Waals surface area contributed by atoms with Gasteiger partial charge in [-0.3, -0.25) is 9.59 Å². The lowest BCUT2D eigenvalue weighted by atomic mass is 10.1. The molecule has 1 unspecified atom stereocenters. The van der Waals surface area contributed by atoms with Crippen molar-refractivity contribution in [3.05, 3.63) is 57.8 Å². The molecule has 2 aromatic rings. The van der Waals surface area contributed by atoms with Gasteiger partial charge in [0.05, 0.1) is 12.5 Å². The highest BCUT2D eigenvalue weighted by molar-refractivity contribution is 7.10. The molecule has 4 nitrogen and oxygen atoms in total.